The van der Waals surface area contributed by atoms with Crippen LogP contribution in [-0.2, 0) is 42.9 Å². The summed E-state index contributed by atoms with van der Waals surface area (Å²) in [6, 6.07) is 3.65. The molecule has 0 saturated carbocycles. The molecule has 1 saturated heterocycles. The zero-order chi connectivity index (χ0) is 24.9. The predicted octanol–water partition coefficient (Wildman–Crippen LogP) is 2.53. The number of carbonyl (C=O) groups excluding carboxylic acids is 4. The summed E-state index contributed by atoms with van der Waals surface area (Å²) in [5, 5.41) is 0. The Morgan fingerprint density at radius 2 is 1.30 bits per heavy atom. The van der Waals surface area contributed by atoms with Crippen LogP contribution in [0.15, 0.2) is 16.6 Å². The molecule has 1 fully saturated rings. The van der Waals surface area contributed by atoms with Gasteiger partial charge in [-0.25, -0.2) is 0 Å². The molecule has 1 aliphatic rings. The lowest BCUT2D eigenvalue weighted by Crippen LogP contribution is -2.63. The highest BCUT2D eigenvalue weighted by Crippen LogP contribution is 2.34. The Bertz CT molecular complexity index is 891. The van der Waals surface area contributed by atoms with Crippen molar-refractivity contribution in [1.82, 2.24) is 0 Å². The maximum Gasteiger partial charge on any atom is 0.303 e. The lowest BCUT2D eigenvalue weighted by atomic mass is 9.98. The normalized spacial score (nSPS) is 24.4. The highest BCUT2D eigenvalue weighted by Gasteiger charge is 2.53. The highest BCUT2D eigenvalue weighted by atomic mass is 79.9. The third kappa shape index (κ3) is 7.43. The summed E-state index contributed by atoms with van der Waals surface area (Å²) >= 11 is 3.42. The second-order valence-electron chi connectivity index (χ2n) is 7.55. The molecular weight excluding hydrogens is 504 g/mol. The van der Waals surface area contributed by atoms with Crippen LogP contribution in [0.1, 0.15) is 38.8 Å². The molecule has 5 unspecified atom stereocenters. The molecule has 182 valence electrons. The summed E-state index contributed by atoms with van der Waals surface area (Å²) in [5.41, 5.74) is 1.52. The fourth-order valence-electron chi connectivity index (χ4n) is 3.48. The van der Waals surface area contributed by atoms with Gasteiger partial charge in [0, 0.05) is 32.2 Å². The van der Waals surface area contributed by atoms with Crippen LogP contribution in [0.25, 0.3) is 0 Å². The summed E-state index contributed by atoms with van der Waals surface area (Å²) in [7, 11) is 0. The number of carbonyl (C=O) groups is 4. The van der Waals surface area contributed by atoms with Gasteiger partial charge < -0.3 is 28.4 Å². The van der Waals surface area contributed by atoms with E-state index in [1.165, 1.54) is 13.8 Å². The van der Waals surface area contributed by atoms with Crippen LogP contribution in [0.4, 0.5) is 0 Å². The van der Waals surface area contributed by atoms with Crippen LogP contribution < -0.4 is 4.74 Å². The first-order valence-electron chi connectivity index (χ1n) is 10.1. The Kier molecular flexibility index (Phi) is 9.24. The van der Waals surface area contributed by atoms with Gasteiger partial charge in [0.1, 0.15) is 18.5 Å². The molecule has 33 heavy (non-hydrogen) atoms. The van der Waals surface area contributed by atoms with Crippen molar-refractivity contribution >= 4 is 39.8 Å². The van der Waals surface area contributed by atoms with Crippen molar-refractivity contribution in [3.8, 4) is 5.75 Å². The summed E-state index contributed by atoms with van der Waals surface area (Å²) in [6.07, 6.45) is -6.15. The van der Waals surface area contributed by atoms with E-state index in [0.717, 1.165) is 29.4 Å². The average Bonchev–Trinajstić information content (AvgIpc) is 2.66. The van der Waals surface area contributed by atoms with Crippen LogP contribution in [0.3, 0.4) is 0 Å². The molecule has 5 atom stereocenters. The molecule has 0 N–H and O–H groups in total. The Balaban J connectivity index is 2.52. The van der Waals surface area contributed by atoms with Crippen LogP contribution >= 0.6 is 15.9 Å². The maximum absolute atomic E-state index is 11.9. The average molecular weight is 531 g/mol. The molecule has 1 heterocycles. The molecule has 0 amide bonds. The zero-order valence-electron chi connectivity index (χ0n) is 19.2. The molecule has 0 aromatic heterocycles. The Morgan fingerprint density at radius 3 is 1.79 bits per heavy atom. The second kappa shape index (κ2) is 11.5. The quantitative estimate of drug-likeness (QED) is 0.383. The Hall–Kier alpha value is -2.66. The number of hydrogen-bond donors (Lipinski definition) is 0. The van der Waals surface area contributed by atoms with Gasteiger partial charge >= 0.3 is 23.9 Å². The molecule has 2 rings (SSSR count). The van der Waals surface area contributed by atoms with Gasteiger partial charge in [0.2, 0.25) is 12.4 Å². The van der Waals surface area contributed by atoms with Gasteiger partial charge in [0.25, 0.3) is 0 Å². The van der Waals surface area contributed by atoms with Crippen molar-refractivity contribution in [3.05, 3.63) is 27.7 Å². The van der Waals surface area contributed by atoms with Crippen molar-refractivity contribution in [2.24, 2.45) is 0 Å². The minimum Gasteiger partial charge on any atom is -0.463 e. The van der Waals surface area contributed by atoms with Gasteiger partial charge in [-0.2, -0.15) is 0 Å². The maximum atomic E-state index is 11.9. The van der Waals surface area contributed by atoms with Crippen LogP contribution in [0.2, 0.25) is 0 Å². The van der Waals surface area contributed by atoms with E-state index in [1.807, 2.05) is 26.0 Å². The zero-order valence-corrected chi connectivity index (χ0v) is 20.8. The number of benzene rings is 1. The monoisotopic (exact) mass is 530 g/mol. The van der Waals surface area contributed by atoms with Crippen LogP contribution in [0, 0.1) is 13.8 Å². The SMILES string of the molecule is CC(=O)OCC1OC(Oc2c(C)cc(Br)cc2C)C(OC(C)=O)C(OC(C)=O)C1OC(C)=O. The third-order valence-corrected chi connectivity index (χ3v) is 5.07. The topological polar surface area (TPSA) is 124 Å². The number of hydrogen-bond acceptors (Lipinski definition) is 10. The fraction of sp³-hybridized carbons (Fsp3) is 0.545. The Labute approximate surface area is 199 Å². The number of esters is 4. The van der Waals surface area contributed by atoms with E-state index in [4.69, 9.17) is 28.4 Å². The lowest BCUT2D eigenvalue weighted by molar-refractivity contribution is -0.288. The molecule has 1 aromatic rings. The molecule has 10 nitrogen and oxygen atoms in total. The third-order valence-electron chi connectivity index (χ3n) is 4.61. The lowest BCUT2D eigenvalue weighted by Gasteiger charge is -2.44. The molecule has 0 radical (unpaired) electrons. The molecule has 0 aliphatic carbocycles. The van der Waals surface area contributed by atoms with E-state index in [0.29, 0.717) is 5.75 Å². The molecule has 0 bridgehead atoms. The van der Waals surface area contributed by atoms with Crippen molar-refractivity contribution in [1.29, 1.82) is 0 Å². The number of ether oxygens (including phenoxy) is 6. The van der Waals surface area contributed by atoms with Gasteiger partial charge in [-0.15, -0.1) is 0 Å². The van der Waals surface area contributed by atoms with E-state index < -0.39 is 54.6 Å². The molecule has 11 heteroatoms. The molecular formula is C22H27BrO10. The standard InChI is InChI=1S/C22H27BrO10/c1-10-7-16(23)8-11(2)18(10)33-22-21(31-15(6)27)20(30-14(5)26)19(29-13(4)25)17(32-22)9-28-12(3)24/h7-8,17,19-22H,9H2,1-6H3. The smallest absolute Gasteiger partial charge is 0.303 e. The summed E-state index contributed by atoms with van der Waals surface area (Å²) < 4.78 is 34.1. The summed E-state index contributed by atoms with van der Waals surface area (Å²) in [5.74, 6) is -2.24. The fourth-order valence-corrected chi connectivity index (χ4v) is 4.17. The van der Waals surface area contributed by atoms with E-state index in [1.54, 1.807) is 0 Å². The van der Waals surface area contributed by atoms with Gasteiger partial charge in [-0.05, 0) is 37.1 Å². The molecule has 1 aliphatic heterocycles. The highest BCUT2D eigenvalue weighted by molar-refractivity contribution is 9.10. The van der Waals surface area contributed by atoms with Crippen LogP contribution in [0.5, 0.6) is 5.75 Å². The number of aryl methyl sites for hydroxylation is 2. The summed E-state index contributed by atoms with van der Waals surface area (Å²) in [6.45, 7) is 8.00. The number of halogens is 1. The Morgan fingerprint density at radius 1 is 0.818 bits per heavy atom. The van der Waals surface area contributed by atoms with Gasteiger partial charge in [-0.3, -0.25) is 19.2 Å². The first-order chi connectivity index (χ1) is 15.4. The first kappa shape index (κ1) is 26.6. The van der Waals surface area contributed by atoms with Crippen LogP contribution in [-0.4, -0.2) is 61.2 Å². The second-order valence-corrected chi connectivity index (χ2v) is 8.47. The van der Waals surface area contributed by atoms with Crippen molar-refractivity contribution in [2.45, 2.75) is 72.2 Å². The van der Waals surface area contributed by atoms with E-state index in [-0.39, 0.29) is 6.61 Å². The molecule has 1 aromatic carbocycles. The van der Waals surface area contributed by atoms with Crippen molar-refractivity contribution < 1.29 is 47.6 Å². The minimum atomic E-state index is -1.29. The van der Waals surface area contributed by atoms with E-state index in [2.05, 4.69) is 15.9 Å². The van der Waals surface area contributed by atoms with E-state index >= 15 is 0 Å². The van der Waals surface area contributed by atoms with Gasteiger partial charge in [0.15, 0.2) is 12.2 Å². The van der Waals surface area contributed by atoms with Gasteiger partial charge in [0.05, 0.1) is 0 Å². The first-order valence-corrected chi connectivity index (χ1v) is 10.9. The minimum absolute atomic E-state index is 0.323. The van der Waals surface area contributed by atoms with E-state index in [9.17, 15) is 19.2 Å². The number of rotatable bonds is 7. The van der Waals surface area contributed by atoms with Crippen molar-refractivity contribution in [2.75, 3.05) is 6.61 Å². The largest absolute Gasteiger partial charge is 0.463 e. The predicted molar refractivity (Wildman–Crippen MR) is 116 cm³/mol. The summed E-state index contributed by atoms with van der Waals surface area (Å²) in [4.78, 5) is 47.0. The van der Waals surface area contributed by atoms with Gasteiger partial charge in [-0.1, -0.05) is 15.9 Å². The van der Waals surface area contributed by atoms with Crippen molar-refractivity contribution in [3.63, 3.8) is 0 Å². The molecule has 0 spiro atoms.